The number of amides is 1. The molecule has 2 heterocycles. The minimum atomic E-state index is -0.965. The van der Waals surface area contributed by atoms with Gasteiger partial charge in [0.05, 0.1) is 4.91 Å². The van der Waals surface area contributed by atoms with Crippen molar-refractivity contribution in [1.29, 1.82) is 0 Å². The zero-order valence-corrected chi connectivity index (χ0v) is 17.3. The standard InChI is InChI=1S/C21H17F2NO4S2/c22-15-4-1-12(8-16(15)23)17-5-3-14(28-17)9-18-20(27)24(21(29)30-18)10-13-7-11(13)2-6-19(25)26/h1,3-5,8-9,11,13H,2,6-7,10H2,(H,25,26)/b18-9+. The molecule has 1 saturated carbocycles. The predicted molar refractivity (Wildman–Crippen MR) is 112 cm³/mol. The van der Waals surface area contributed by atoms with Gasteiger partial charge in [-0.1, -0.05) is 24.0 Å². The van der Waals surface area contributed by atoms with Crippen molar-refractivity contribution in [1.82, 2.24) is 4.90 Å². The van der Waals surface area contributed by atoms with Crippen LogP contribution in [0.1, 0.15) is 25.0 Å². The van der Waals surface area contributed by atoms with Crippen LogP contribution in [0.2, 0.25) is 0 Å². The van der Waals surface area contributed by atoms with Gasteiger partial charge in [-0.3, -0.25) is 14.5 Å². The second-order valence-electron chi connectivity index (χ2n) is 7.31. The molecule has 0 spiro atoms. The third-order valence-corrected chi connectivity index (χ3v) is 6.57. The SMILES string of the molecule is O=C(O)CCC1CC1CN1C(=O)/C(=C\c2ccc(-c3ccc(F)c(F)c3)o2)SC1=S. The molecule has 1 aliphatic heterocycles. The maximum Gasteiger partial charge on any atom is 0.303 e. The fourth-order valence-corrected chi connectivity index (χ4v) is 4.71. The highest BCUT2D eigenvalue weighted by atomic mass is 32.2. The van der Waals surface area contributed by atoms with E-state index in [0.717, 1.165) is 18.6 Å². The molecule has 1 aromatic heterocycles. The number of hydrogen-bond donors (Lipinski definition) is 1. The highest BCUT2D eigenvalue weighted by Gasteiger charge is 2.42. The van der Waals surface area contributed by atoms with Gasteiger partial charge in [0.1, 0.15) is 15.8 Å². The first kappa shape index (κ1) is 20.7. The zero-order valence-electron chi connectivity index (χ0n) is 15.6. The molecule has 30 heavy (non-hydrogen) atoms. The molecule has 1 saturated heterocycles. The summed E-state index contributed by atoms with van der Waals surface area (Å²) in [6, 6.07) is 6.76. The lowest BCUT2D eigenvalue weighted by Gasteiger charge is -2.14. The Morgan fingerprint density at radius 1 is 1.27 bits per heavy atom. The molecule has 1 amide bonds. The largest absolute Gasteiger partial charge is 0.481 e. The van der Waals surface area contributed by atoms with E-state index >= 15 is 0 Å². The van der Waals surface area contributed by atoms with Crippen LogP contribution in [0.5, 0.6) is 0 Å². The molecule has 4 rings (SSSR count). The van der Waals surface area contributed by atoms with E-state index < -0.39 is 17.6 Å². The van der Waals surface area contributed by atoms with E-state index in [1.54, 1.807) is 23.1 Å². The Balaban J connectivity index is 1.42. The maximum absolute atomic E-state index is 13.4. The van der Waals surface area contributed by atoms with E-state index in [1.807, 2.05) is 0 Å². The van der Waals surface area contributed by atoms with E-state index in [1.165, 1.54) is 17.8 Å². The molecule has 0 bridgehead atoms. The molecule has 2 atom stereocenters. The molecule has 2 aromatic rings. The lowest BCUT2D eigenvalue weighted by Crippen LogP contribution is -2.30. The van der Waals surface area contributed by atoms with Crippen molar-refractivity contribution in [3.8, 4) is 11.3 Å². The van der Waals surface area contributed by atoms with Gasteiger partial charge >= 0.3 is 5.97 Å². The van der Waals surface area contributed by atoms with Crippen LogP contribution in [0.4, 0.5) is 8.78 Å². The minimum Gasteiger partial charge on any atom is -0.481 e. The molecule has 5 nitrogen and oxygen atoms in total. The van der Waals surface area contributed by atoms with Gasteiger partial charge in [-0.2, -0.15) is 0 Å². The summed E-state index contributed by atoms with van der Waals surface area (Å²) in [5.41, 5.74) is 0.391. The van der Waals surface area contributed by atoms with Crippen LogP contribution < -0.4 is 0 Å². The molecule has 2 unspecified atom stereocenters. The fourth-order valence-electron chi connectivity index (χ4n) is 3.45. The van der Waals surface area contributed by atoms with Crippen LogP contribution in [-0.2, 0) is 9.59 Å². The van der Waals surface area contributed by atoms with Gasteiger partial charge in [-0.25, -0.2) is 8.78 Å². The summed E-state index contributed by atoms with van der Waals surface area (Å²) in [6.07, 6.45) is 3.23. The number of furan rings is 1. The Labute approximate surface area is 180 Å². The number of hydrogen-bond acceptors (Lipinski definition) is 5. The van der Waals surface area contributed by atoms with Crippen LogP contribution >= 0.6 is 24.0 Å². The van der Waals surface area contributed by atoms with E-state index in [0.29, 0.717) is 45.2 Å². The Bertz CT molecular complexity index is 1070. The molecule has 0 radical (unpaired) electrons. The Morgan fingerprint density at radius 3 is 2.80 bits per heavy atom. The summed E-state index contributed by atoms with van der Waals surface area (Å²) in [4.78, 5) is 25.4. The Morgan fingerprint density at radius 2 is 2.07 bits per heavy atom. The predicted octanol–water partition coefficient (Wildman–Crippen LogP) is 4.93. The van der Waals surface area contributed by atoms with Gasteiger partial charge in [-0.15, -0.1) is 0 Å². The van der Waals surface area contributed by atoms with Crippen molar-refractivity contribution >= 4 is 46.3 Å². The van der Waals surface area contributed by atoms with Crippen LogP contribution in [0.25, 0.3) is 17.4 Å². The zero-order chi connectivity index (χ0) is 21.4. The first-order chi connectivity index (χ1) is 14.3. The lowest BCUT2D eigenvalue weighted by atomic mass is 10.1. The van der Waals surface area contributed by atoms with Crippen LogP contribution in [0.3, 0.4) is 0 Å². The number of carboxylic acid groups (broad SMARTS) is 1. The molecule has 2 fully saturated rings. The number of carbonyl (C=O) groups excluding carboxylic acids is 1. The molecular weight excluding hydrogens is 432 g/mol. The average Bonchev–Trinajstić information content (AvgIpc) is 3.19. The summed E-state index contributed by atoms with van der Waals surface area (Å²) in [7, 11) is 0. The van der Waals surface area contributed by atoms with Crippen LogP contribution in [0.15, 0.2) is 39.7 Å². The van der Waals surface area contributed by atoms with E-state index in [4.69, 9.17) is 21.7 Å². The van der Waals surface area contributed by atoms with Gasteiger partial charge in [0.2, 0.25) is 0 Å². The normalized spacial score (nSPS) is 22.2. The molecule has 2 aliphatic rings. The summed E-state index contributed by atoms with van der Waals surface area (Å²) < 4.78 is 32.7. The quantitative estimate of drug-likeness (QED) is 0.478. The van der Waals surface area contributed by atoms with Gasteiger partial charge in [0.15, 0.2) is 11.6 Å². The summed E-state index contributed by atoms with van der Waals surface area (Å²) in [6.45, 7) is 0.491. The minimum absolute atomic E-state index is 0.137. The third kappa shape index (κ3) is 4.46. The molecule has 9 heteroatoms. The van der Waals surface area contributed by atoms with E-state index in [2.05, 4.69) is 0 Å². The molecule has 1 N–H and O–H groups in total. The number of thioether (sulfide) groups is 1. The van der Waals surface area contributed by atoms with Crippen molar-refractivity contribution in [2.45, 2.75) is 19.3 Å². The second-order valence-corrected chi connectivity index (χ2v) is 8.99. The molecule has 1 aromatic carbocycles. The molecule has 1 aliphatic carbocycles. The lowest BCUT2D eigenvalue weighted by molar-refractivity contribution is -0.137. The summed E-state index contributed by atoms with van der Waals surface area (Å²) in [5, 5.41) is 8.78. The maximum atomic E-state index is 13.4. The number of halogens is 2. The number of carboxylic acids is 1. The first-order valence-corrected chi connectivity index (χ1v) is 10.6. The monoisotopic (exact) mass is 449 g/mol. The van der Waals surface area contributed by atoms with Gasteiger partial charge < -0.3 is 9.52 Å². The number of rotatable bonds is 7. The topological polar surface area (TPSA) is 70.8 Å². The van der Waals surface area contributed by atoms with E-state index in [-0.39, 0.29) is 18.2 Å². The summed E-state index contributed by atoms with van der Waals surface area (Å²) in [5.74, 6) is -1.57. The Hall–Kier alpha value is -2.52. The van der Waals surface area contributed by atoms with Gasteiger partial charge in [0.25, 0.3) is 5.91 Å². The average molecular weight is 450 g/mol. The molecule has 156 valence electrons. The number of carbonyl (C=O) groups is 2. The van der Waals surface area contributed by atoms with Crippen molar-refractivity contribution < 1.29 is 27.9 Å². The fraction of sp³-hybridized carbons (Fsp3) is 0.286. The van der Waals surface area contributed by atoms with Gasteiger partial charge in [-0.05, 0) is 55.0 Å². The highest BCUT2D eigenvalue weighted by Crippen LogP contribution is 2.44. The number of aliphatic carboxylic acids is 1. The highest BCUT2D eigenvalue weighted by molar-refractivity contribution is 8.26. The van der Waals surface area contributed by atoms with Crippen LogP contribution in [0, 0.1) is 23.5 Å². The molecular formula is C21H17F2NO4S2. The van der Waals surface area contributed by atoms with Crippen molar-refractivity contribution in [3.63, 3.8) is 0 Å². The number of thiocarbonyl (C=S) groups is 1. The van der Waals surface area contributed by atoms with Crippen molar-refractivity contribution in [2.24, 2.45) is 11.8 Å². The third-order valence-electron chi connectivity index (χ3n) is 5.19. The first-order valence-electron chi connectivity index (χ1n) is 9.34. The number of benzene rings is 1. The van der Waals surface area contributed by atoms with Crippen LogP contribution in [-0.4, -0.2) is 32.7 Å². The van der Waals surface area contributed by atoms with E-state index in [9.17, 15) is 18.4 Å². The van der Waals surface area contributed by atoms with Gasteiger partial charge in [0, 0.05) is 24.6 Å². The smallest absolute Gasteiger partial charge is 0.303 e. The van der Waals surface area contributed by atoms with Crippen molar-refractivity contribution in [2.75, 3.05) is 6.54 Å². The Kier molecular flexibility index (Phi) is 5.75. The summed E-state index contributed by atoms with van der Waals surface area (Å²) >= 11 is 6.52. The second kappa shape index (κ2) is 8.31. The van der Waals surface area contributed by atoms with Crippen molar-refractivity contribution in [3.05, 3.63) is 52.6 Å². The number of nitrogens with zero attached hydrogens (tertiary/aromatic N) is 1.